The second-order valence-corrected chi connectivity index (χ2v) is 5.48. The summed E-state index contributed by atoms with van der Waals surface area (Å²) in [5.41, 5.74) is 0.812. The SMILES string of the molecule is COc1cccc2cc(C(C)NCCCOC(C)C)oc12. The van der Waals surface area contributed by atoms with Gasteiger partial charge in [0.05, 0.1) is 19.3 Å². The van der Waals surface area contributed by atoms with Crippen LogP contribution in [0.15, 0.2) is 28.7 Å². The number of methoxy groups -OCH3 is 1. The normalized spacial score (nSPS) is 13.0. The summed E-state index contributed by atoms with van der Waals surface area (Å²) in [7, 11) is 1.66. The molecular weight excluding hydrogens is 266 g/mol. The van der Waals surface area contributed by atoms with Crippen molar-refractivity contribution >= 4 is 11.0 Å². The summed E-state index contributed by atoms with van der Waals surface area (Å²) in [5, 5.41) is 4.53. The van der Waals surface area contributed by atoms with E-state index in [9.17, 15) is 0 Å². The molecule has 1 aromatic heterocycles. The van der Waals surface area contributed by atoms with Gasteiger partial charge in [-0.1, -0.05) is 12.1 Å². The van der Waals surface area contributed by atoms with E-state index in [0.717, 1.165) is 42.1 Å². The molecule has 2 rings (SSSR count). The van der Waals surface area contributed by atoms with E-state index in [4.69, 9.17) is 13.9 Å². The zero-order valence-corrected chi connectivity index (χ0v) is 13.3. The van der Waals surface area contributed by atoms with Crippen LogP contribution in [0.5, 0.6) is 5.75 Å². The van der Waals surface area contributed by atoms with Crippen LogP contribution in [0.4, 0.5) is 0 Å². The van der Waals surface area contributed by atoms with Crippen LogP contribution < -0.4 is 10.1 Å². The number of furan rings is 1. The standard InChI is InChI=1S/C17H25NO3/c1-12(2)20-10-6-9-18-13(3)16-11-14-7-5-8-15(19-4)17(14)21-16/h5,7-8,11-13,18H,6,9-10H2,1-4H3. The van der Waals surface area contributed by atoms with Crippen molar-refractivity contribution in [3.8, 4) is 5.75 Å². The molecule has 4 heteroatoms. The summed E-state index contributed by atoms with van der Waals surface area (Å²) in [6.45, 7) is 7.90. The Labute approximate surface area is 126 Å². The number of nitrogens with one attached hydrogen (secondary N) is 1. The molecule has 0 spiro atoms. The molecule has 0 amide bonds. The van der Waals surface area contributed by atoms with E-state index in [-0.39, 0.29) is 6.04 Å². The number of fused-ring (bicyclic) bond motifs is 1. The summed E-state index contributed by atoms with van der Waals surface area (Å²) in [6.07, 6.45) is 1.29. The largest absolute Gasteiger partial charge is 0.493 e. The summed E-state index contributed by atoms with van der Waals surface area (Å²) in [5.74, 6) is 1.70. The Morgan fingerprint density at radius 2 is 2.05 bits per heavy atom. The van der Waals surface area contributed by atoms with Crippen LogP contribution in [-0.4, -0.2) is 26.4 Å². The van der Waals surface area contributed by atoms with Gasteiger partial charge in [0.1, 0.15) is 5.76 Å². The molecule has 0 saturated heterocycles. The lowest BCUT2D eigenvalue weighted by Gasteiger charge is -2.12. The molecule has 1 aromatic carbocycles. The molecule has 0 fully saturated rings. The van der Waals surface area contributed by atoms with Crippen molar-refractivity contribution in [2.75, 3.05) is 20.3 Å². The zero-order valence-electron chi connectivity index (χ0n) is 13.3. The Morgan fingerprint density at radius 1 is 1.24 bits per heavy atom. The molecule has 0 bridgehead atoms. The van der Waals surface area contributed by atoms with Gasteiger partial charge in [-0.25, -0.2) is 0 Å². The molecule has 0 aliphatic carbocycles. The molecule has 0 radical (unpaired) electrons. The van der Waals surface area contributed by atoms with E-state index in [0.29, 0.717) is 6.10 Å². The number of hydrogen-bond donors (Lipinski definition) is 1. The van der Waals surface area contributed by atoms with E-state index >= 15 is 0 Å². The third-order valence-corrected chi connectivity index (χ3v) is 3.40. The first-order chi connectivity index (χ1) is 10.1. The fourth-order valence-corrected chi connectivity index (χ4v) is 2.24. The summed E-state index contributed by atoms with van der Waals surface area (Å²) < 4.78 is 16.8. The Kier molecular flexibility index (Phi) is 5.65. The highest BCUT2D eigenvalue weighted by Crippen LogP contribution is 2.30. The molecule has 1 atom stereocenters. The third kappa shape index (κ3) is 4.22. The van der Waals surface area contributed by atoms with Crippen molar-refractivity contribution in [2.24, 2.45) is 0 Å². The predicted molar refractivity (Wildman–Crippen MR) is 84.9 cm³/mol. The molecule has 21 heavy (non-hydrogen) atoms. The van der Waals surface area contributed by atoms with E-state index in [1.54, 1.807) is 7.11 Å². The maximum absolute atomic E-state index is 5.93. The highest BCUT2D eigenvalue weighted by Gasteiger charge is 2.13. The first-order valence-corrected chi connectivity index (χ1v) is 7.53. The highest BCUT2D eigenvalue weighted by atomic mass is 16.5. The smallest absolute Gasteiger partial charge is 0.176 e. The van der Waals surface area contributed by atoms with Gasteiger partial charge in [0.15, 0.2) is 11.3 Å². The fraction of sp³-hybridized carbons (Fsp3) is 0.529. The highest BCUT2D eigenvalue weighted by molar-refractivity contribution is 5.83. The van der Waals surface area contributed by atoms with E-state index in [1.165, 1.54) is 0 Å². The fourth-order valence-electron chi connectivity index (χ4n) is 2.24. The Hall–Kier alpha value is -1.52. The zero-order chi connectivity index (χ0) is 15.2. The molecule has 0 aliphatic heterocycles. The molecule has 1 N–H and O–H groups in total. The monoisotopic (exact) mass is 291 g/mol. The Balaban J connectivity index is 1.92. The molecule has 0 saturated carbocycles. The van der Waals surface area contributed by atoms with Crippen LogP contribution in [0.1, 0.15) is 39.0 Å². The lowest BCUT2D eigenvalue weighted by molar-refractivity contribution is 0.0767. The third-order valence-electron chi connectivity index (χ3n) is 3.40. The predicted octanol–water partition coefficient (Wildman–Crippen LogP) is 3.91. The number of para-hydroxylation sites is 1. The van der Waals surface area contributed by atoms with Crippen molar-refractivity contribution in [2.45, 2.75) is 39.3 Å². The summed E-state index contributed by atoms with van der Waals surface area (Å²) >= 11 is 0. The van der Waals surface area contributed by atoms with Crippen molar-refractivity contribution in [1.29, 1.82) is 0 Å². The minimum absolute atomic E-state index is 0.168. The quantitative estimate of drug-likeness (QED) is 0.749. The van der Waals surface area contributed by atoms with E-state index < -0.39 is 0 Å². The molecule has 116 valence electrons. The van der Waals surface area contributed by atoms with Gasteiger partial charge in [-0.15, -0.1) is 0 Å². The maximum atomic E-state index is 5.93. The minimum Gasteiger partial charge on any atom is -0.493 e. The molecule has 0 aliphatic rings. The first kappa shape index (κ1) is 15.9. The first-order valence-electron chi connectivity index (χ1n) is 7.53. The molecule has 1 heterocycles. The van der Waals surface area contributed by atoms with Crippen LogP contribution in [-0.2, 0) is 4.74 Å². The van der Waals surface area contributed by atoms with Crippen molar-refractivity contribution in [3.05, 3.63) is 30.0 Å². The van der Waals surface area contributed by atoms with E-state index in [2.05, 4.69) is 32.2 Å². The summed E-state index contributed by atoms with van der Waals surface area (Å²) in [4.78, 5) is 0. The second kappa shape index (κ2) is 7.48. The maximum Gasteiger partial charge on any atom is 0.176 e. The molecule has 2 aromatic rings. The number of benzene rings is 1. The number of hydrogen-bond acceptors (Lipinski definition) is 4. The van der Waals surface area contributed by atoms with Gasteiger partial charge in [-0.05, 0) is 45.9 Å². The van der Waals surface area contributed by atoms with Gasteiger partial charge >= 0.3 is 0 Å². The topological polar surface area (TPSA) is 43.6 Å². The Bertz CT molecular complexity index is 562. The van der Waals surface area contributed by atoms with Gasteiger partial charge in [0.25, 0.3) is 0 Å². The van der Waals surface area contributed by atoms with Gasteiger partial charge in [-0.3, -0.25) is 0 Å². The van der Waals surface area contributed by atoms with Crippen LogP contribution in [0.3, 0.4) is 0 Å². The van der Waals surface area contributed by atoms with Crippen LogP contribution in [0, 0.1) is 0 Å². The van der Waals surface area contributed by atoms with Crippen LogP contribution >= 0.6 is 0 Å². The van der Waals surface area contributed by atoms with Gasteiger partial charge in [-0.2, -0.15) is 0 Å². The number of ether oxygens (including phenoxy) is 2. The van der Waals surface area contributed by atoms with Crippen molar-refractivity contribution in [3.63, 3.8) is 0 Å². The second-order valence-electron chi connectivity index (χ2n) is 5.48. The van der Waals surface area contributed by atoms with Crippen molar-refractivity contribution in [1.82, 2.24) is 5.32 Å². The summed E-state index contributed by atoms with van der Waals surface area (Å²) in [6, 6.07) is 8.16. The van der Waals surface area contributed by atoms with E-state index in [1.807, 2.05) is 18.2 Å². The van der Waals surface area contributed by atoms with Gasteiger partial charge in [0.2, 0.25) is 0 Å². The van der Waals surface area contributed by atoms with Crippen LogP contribution in [0.25, 0.3) is 11.0 Å². The lowest BCUT2D eigenvalue weighted by Crippen LogP contribution is -2.21. The Morgan fingerprint density at radius 3 is 2.76 bits per heavy atom. The molecular formula is C17H25NO3. The molecule has 1 unspecified atom stereocenters. The average Bonchev–Trinajstić information content (AvgIpc) is 2.90. The van der Waals surface area contributed by atoms with Gasteiger partial charge < -0.3 is 19.2 Å². The average molecular weight is 291 g/mol. The lowest BCUT2D eigenvalue weighted by atomic mass is 10.2. The van der Waals surface area contributed by atoms with Crippen molar-refractivity contribution < 1.29 is 13.9 Å². The van der Waals surface area contributed by atoms with Crippen LogP contribution in [0.2, 0.25) is 0 Å². The number of rotatable bonds is 8. The van der Waals surface area contributed by atoms with Gasteiger partial charge in [0, 0.05) is 12.0 Å². The minimum atomic E-state index is 0.168. The molecule has 4 nitrogen and oxygen atoms in total.